The number of carbonyl (C=O) groups is 1. The molecule has 0 atom stereocenters. The van der Waals surface area contributed by atoms with E-state index in [0.717, 1.165) is 17.1 Å². The third-order valence-corrected chi connectivity index (χ3v) is 5.10. The molecule has 1 aromatic rings. The lowest BCUT2D eigenvalue weighted by Gasteiger charge is -2.26. The van der Waals surface area contributed by atoms with Crippen LogP contribution in [0.2, 0.25) is 58.9 Å². The average molecular weight is 397 g/mol. The van der Waals surface area contributed by atoms with Crippen LogP contribution in [0, 0.1) is 0 Å². The minimum absolute atomic E-state index is 0.297. The Hall–Kier alpha value is -1.32. The quantitative estimate of drug-likeness (QED) is 0.450. The molecular weight excluding hydrogens is 364 g/mol. The van der Waals surface area contributed by atoms with Gasteiger partial charge in [0.05, 0.1) is 0 Å². The van der Waals surface area contributed by atoms with Gasteiger partial charge >= 0.3 is 5.97 Å². The van der Waals surface area contributed by atoms with Gasteiger partial charge in [0.15, 0.2) is 0 Å². The van der Waals surface area contributed by atoms with E-state index in [1.807, 2.05) is 37.8 Å². The fourth-order valence-corrected chi connectivity index (χ4v) is 4.27. The van der Waals surface area contributed by atoms with Crippen LogP contribution in [-0.2, 0) is 9.22 Å². The zero-order chi connectivity index (χ0) is 19.5. The van der Waals surface area contributed by atoms with Crippen molar-refractivity contribution in [2.24, 2.45) is 0 Å². The highest BCUT2D eigenvalue weighted by molar-refractivity contribution is 6.71. The maximum Gasteiger partial charge on any atom is 0.317 e. The Labute approximate surface area is 155 Å². The van der Waals surface area contributed by atoms with Crippen molar-refractivity contribution in [3.8, 4) is 11.5 Å². The number of hydrogen-bond donors (Lipinski definition) is 0. The van der Waals surface area contributed by atoms with Gasteiger partial charge in [0.1, 0.15) is 11.5 Å². The monoisotopic (exact) mass is 396 g/mol. The van der Waals surface area contributed by atoms with Crippen molar-refractivity contribution in [3.63, 3.8) is 0 Å². The summed E-state index contributed by atoms with van der Waals surface area (Å²) in [6, 6.07) is 5.80. The topological polar surface area (TPSA) is 44.8 Å². The van der Waals surface area contributed by atoms with Gasteiger partial charge in [-0.25, -0.2) is 4.79 Å². The molecule has 1 rings (SSSR count). The highest BCUT2D eigenvalue weighted by atomic mass is 28.4. The molecule has 0 aliphatic heterocycles. The second kappa shape index (κ2) is 7.92. The zero-order valence-corrected chi connectivity index (χ0v) is 20.0. The molecule has 0 radical (unpaired) electrons. The normalized spacial score (nSPS) is 13.0. The van der Waals surface area contributed by atoms with Crippen LogP contribution in [0.25, 0.3) is 6.08 Å². The molecule has 0 fully saturated rings. The van der Waals surface area contributed by atoms with Crippen molar-refractivity contribution in [1.29, 1.82) is 0 Å². The maximum absolute atomic E-state index is 11.9. The average Bonchev–Trinajstić information content (AvgIpc) is 2.33. The van der Waals surface area contributed by atoms with Gasteiger partial charge in [0.25, 0.3) is 0 Å². The molecule has 0 amide bonds. The van der Waals surface area contributed by atoms with Crippen LogP contribution in [-0.4, -0.2) is 30.9 Å². The summed E-state index contributed by atoms with van der Waals surface area (Å²) in [5, 5.41) is 0. The van der Waals surface area contributed by atoms with E-state index in [4.69, 9.17) is 13.3 Å². The van der Waals surface area contributed by atoms with Gasteiger partial charge in [-0.15, -0.1) is 0 Å². The first-order chi connectivity index (χ1) is 11.1. The van der Waals surface area contributed by atoms with Crippen molar-refractivity contribution in [2.45, 2.75) is 58.9 Å². The second-order valence-corrected chi connectivity index (χ2v) is 22.3. The number of carbonyl (C=O) groups excluding carboxylic acids is 1. The van der Waals surface area contributed by atoms with Crippen molar-refractivity contribution in [1.82, 2.24) is 0 Å². The molecule has 0 saturated heterocycles. The van der Waals surface area contributed by atoms with E-state index in [1.165, 1.54) is 6.08 Å². The molecule has 1 aromatic carbocycles. The highest BCUT2D eigenvalue weighted by Crippen LogP contribution is 2.33. The fourth-order valence-electron chi connectivity index (χ4n) is 1.95. The SMILES string of the molecule is C[Si](C)(C)OC(=O)/C=C/c1ccc(O[Si](C)(C)C)c(O[Si](C)(C)C)c1. The van der Waals surface area contributed by atoms with E-state index in [0.29, 0.717) is 0 Å². The zero-order valence-electron chi connectivity index (χ0n) is 17.0. The maximum atomic E-state index is 11.9. The van der Waals surface area contributed by atoms with Crippen LogP contribution in [0.3, 0.4) is 0 Å². The van der Waals surface area contributed by atoms with Gasteiger partial charge in [-0.2, -0.15) is 0 Å². The van der Waals surface area contributed by atoms with Gasteiger partial charge in [-0.05, 0) is 82.7 Å². The van der Waals surface area contributed by atoms with Crippen molar-refractivity contribution < 1.29 is 18.1 Å². The minimum Gasteiger partial charge on any atom is -0.542 e. The van der Waals surface area contributed by atoms with E-state index >= 15 is 0 Å². The lowest BCUT2D eigenvalue weighted by molar-refractivity contribution is -0.129. The Morgan fingerprint density at radius 2 is 1.32 bits per heavy atom. The molecule has 0 spiro atoms. The molecule has 4 nitrogen and oxygen atoms in total. The Bertz CT molecular complexity index is 635. The molecule has 0 aliphatic carbocycles. The van der Waals surface area contributed by atoms with Gasteiger partial charge in [0, 0.05) is 6.08 Å². The first-order valence-electron chi connectivity index (χ1n) is 8.58. The van der Waals surface area contributed by atoms with E-state index in [9.17, 15) is 4.79 Å². The standard InChI is InChI=1S/C18H32O4Si3/c1-23(2,3)20-16-12-10-15(14-17(16)21-24(4,5)6)11-13-18(19)22-25(7,8)9/h10-14H,1-9H3/b13-11+. The molecule has 25 heavy (non-hydrogen) atoms. The van der Waals surface area contributed by atoms with Crippen LogP contribution in [0.15, 0.2) is 24.3 Å². The predicted molar refractivity (Wildman–Crippen MR) is 113 cm³/mol. The Kier molecular flexibility index (Phi) is 6.88. The predicted octanol–water partition coefficient (Wildman–Crippen LogP) is 5.51. The number of rotatable bonds is 7. The first kappa shape index (κ1) is 21.7. The molecular formula is C18H32O4Si3. The van der Waals surface area contributed by atoms with Gasteiger partial charge in [0.2, 0.25) is 25.0 Å². The summed E-state index contributed by atoms with van der Waals surface area (Å²) >= 11 is 0. The Balaban J connectivity index is 3.07. The molecule has 0 saturated carbocycles. The van der Waals surface area contributed by atoms with E-state index in [1.54, 1.807) is 6.08 Å². The third kappa shape index (κ3) is 9.66. The molecule has 0 heterocycles. The summed E-state index contributed by atoms with van der Waals surface area (Å²) in [5.41, 5.74) is 0.892. The van der Waals surface area contributed by atoms with E-state index in [-0.39, 0.29) is 5.97 Å². The fraction of sp³-hybridized carbons (Fsp3) is 0.500. The lowest BCUT2D eigenvalue weighted by atomic mass is 10.2. The van der Waals surface area contributed by atoms with Gasteiger partial charge in [-0.1, -0.05) is 6.07 Å². The third-order valence-electron chi connectivity index (χ3n) is 2.62. The largest absolute Gasteiger partial charge is 0.542 e. The minimum atomic E-state index is -1.87. The summed E-state index contributed by atoms with van der Waals surface area (Å²) in [6.07, 6.45) is 3.24. The summed E-state index contributed by atoms with van der Waals surface area (Å²) in [7, 11) is -5.39. The van der Waals surface area contributed by atoms with Crippen molar-refractivity contribution >= 4 is 37.0 Å². The van der Waals surface area contributed by atoms with Gasteiger partial charge in [-0.3, -0.25) is 0 Å². The first-order valence-corrected chi connectivity index (χ1v) is 18.8. The lowest BCUT2D eigenvalue weighted by Crippen LogP contribution is -2.32. The molecule has 0 N–H and O–H groups in total. The molecule has 0 aliphatic rings. The van der Waals surface area contributed by atoms with E-state index < -0.39 is 25.0 Å². The molecule has 0 unspecified atom stereocenters. The second-order valence-electron chi connectivity index (χ2n) is 9.00. The van der Waals surface area contributed by atoms with Crippen LogP contribution < -0.4 is 8.85 Å². The van der Waals surface area contributed by atoms with Crippen LogP contribution >= 0.6 is 0 Å². The summed E-state index contributed by atoms with van der Waals surface area (Å²) in [4.78, 5) is 11.9. The van der Waals surface area contributed by atoms with Crippen LogP contribution in [0.1, 0.15) is 5.56 Å². The molecule has 0 aromatic heterocycles. The van der Waals surface area contributed by atoms with Gasteiger partial charge < -0.3 is 13.3 Å². The number of hydrogen-bond acceptors (Lipinski definition) is 4. The molecule has 0 bridgehead atoms. The van der Waals surface area contributed by atoms with Crippen molar-refractivity contribution in [2.75, 3.05) is 0 Å². The molecule has 7 heteroatoms. The smallest absolute Gasteiger partial charge is 0.317 e. The summed E-state index contributed by atoms with van der Waals surface area (Å²) in [6.45, 7) is 18.8. The van der Waals surface area contributed by atoms with E-state index in [2.05, 4.69) is 39.3 Å². The summed E-state index contributed by atoms with van der Waals surface area (Å²) in [5.74, 6) is 1.24. The Morgan fingerprint density at radius 1 is 0.800 bits per heavy atom. The van der Waals surface area contributed by atoms with Crippen LogP contribution in [0.4, 0.5) is 0 Å². The highest BCUT2D eigenvalue weighted by Gasteiger charge is 2.23. The van der Waals surface area contributed by atoms with Crippen molar-refractivity contribution in [3.05, 3.63) is 29.8 Å². The molecule has 140 valence electrons. The van der Waals surface area contributed by atoms with Crippen LogP contribution in [0.5, 0.6) is 11.5 Å². The Morgan fingerprint density at radius 3 is 1.80 bits per heavy atom. The summed E-state index contributed by atoms with van der Waals surface area (Å²) < 4.78 is 17.8. The number of benzene rings is 1.